The van der Waals surface area contributed by atoms with E-state index in [4.69, 9.17) is 0 Å². The number of hydrogen-bond acceptors (Lipinski definition) is 4. The Hall–Kier alpha value is -2.15. The van der Waals surface area contributed by atoms with Gasteiger partial charge in [-0.15, -0.1) is 0 Å². The molecular formula is C21H27F3N4. The van der Waals surface area contributed by atoms with E-state index in [1.54, 1.807) is 12.1 Å². The number of piperidine rings is 1. The Kier molecular flexibility index (Phi) is 6.88. The molecule has 1 aromatic carbocycles. The zero-order chi connectivity index (χ0) is 20.0. The van der Waals surface area contributed by atoms with Crippen molar-refractivity contribution in [3.05, 3.63) is 53.3 Å². The highest BCUT2D eigenvalue weighted by Crippen LogP contribution is 2.33. The van der Waals surface area contributed by atoms with Crippen LogP contribution in [0.4, 0.5) is 19.1 Å². The van der Waals surface area contributed by atoms with E-state index in [9.17, 15) is 13.2 Å². The number of halogens is 3. The van der Waals surface area contributed by atoms with Crippen LogP contribution in [0.2, 0.25) is 0 Å². The molecule has 1 N–H and O–H groups in total. The maximum atomic E-state index is 13.2. The second-order valence-electron chi connectivity index (χ2n) is 7.38. The van der Waals surface area contributed by atoms with Crippen LogP contribution in [0.25, 0.3) is 0 Å². The lowest BCUT2D eigenvalue weighted by atomic mass is 9.90. The molecule has 1 saturated heterocycles. The molecule has 1 aromatic heterocycles. The van der Waals surface area contributed by atoms with Crippen molar-refractivity contribution in [2.45, 2.75) is 45.3 Å². The van der Waals surface area contributed by atoms with Gasteiger partial charge in [0.2, 0.25) is 5.95 Å². The van der Waals surface area contributed by atoms with Gasteiger partial charge >= 0.3 is 6.18 Å². The second-order valence-corrected chi connectivity index (χ2v) is 7.38. The Morgan fingerprint density at radius 1 is 1.18 bits per heavy atom. The number of aromatic nitrogens is 2. The van der Waals surface area contributed by atoms with Crippen LogP contribution >= 0.6 is 0 Å². The normalized spacial score (nSPS) is 18.2. The van der Waals surface area contributed by atoms with Crippen LogP contribution in [0, 0.1) is 5.92 Å². The molecule has 0 amide bonds. The van der Waals surface area contributed by atoms with Gasteiger partial charge in [-0.05, 0) is 56.7 Å². The highest BCUT2D eigenvalue weighted by molar-refractivity contribution is 5.29. The third-order valence-corrected chi connectivity index (χ3v) is 5.19. The van der Waals surface area contributed by atoms with Crippen LogP contribution in [0.1, 0.15) is 42.9 Å². The molecule has 0 unspecified atom stereocenters. The molecule has 1 fully saturated rings. The second kappa shape index (κ2) is 9.37. The fraction of sp³-hybridized carbons (Fsp3) is 0.524. The number of hydrogen-bond donors (Lipinski definition) is 1. The van der Waals surface area contributed by atoms with E-state index < -0.39 is 11.7 Å². The lowest BCUT2D eigenvalue weighted by Gasteiger charge is -2.32. The molecule has 28 heavy (non-hydrogen) atoms. The molecule has 1 atom stereocenters. The minimum absolute atomic E-state index is 0.402. The van der Waals surface area contributed by atoms with Crippen LogP contribution in [0.5, 0.6) is 0 Å². The Morgan fingerprint density at radius 3 is 2.64 bits per heavy atom. The zero-order valence-electron chi connectivity index (χ0n) is 16.2. The molecule has 3 rings (SSSR count). The van der Waals surface area contributed by atoms with Crippen molar-refractivity contribution in [1.82, 2.24) is 14.9 Å². The van der Waals surface area contributed by atoms with Crippen LogP contribution in [-0.2, 0) is 19.1 Å². The molecule has 0 aliphatic carbocycles. The minimum atomic E-state index is -4.28. The average molecular weight is 392 g/mol. The summed E-state index contributed by atoms with van der Waals surface area (Å²) in [5, 5.41) is 3.08. The summed E-state index contributed by atoms with van der Waals surface area (Å²) >= 11 is 0. The van der Waals surface area contributed by atoms with Crippen LogP contribution in [0.15, 0.2) is 36.7 Å². The van der Waals surface area contributed by atoms with Crippen molar-refractivity contribution in [3.63, 3.8) is 0 Å². The van der Waals surface area contributed by atoms with E-state index in [2.05, 4.69) is 20.2 Å². The third-order valence-electron chi connectivity index (χ3n) is 5.19. The van der Waals surface area contributed by atoms with Crippen molar-refractivity contribution < 1.29 is 13.2 Å². The van der Waals surface area contributed by atoms with Gasteiger partial charge in [0.25, 0.3) is 0 Å². The van der Waals surface area contributed by atoms with Crippen molar-refractivity contribution >= 4 is 5.95 Å². The van der Waals surface area contributed by atoms with E-state index >= 15 is 0 Å². The first kappa shape index (κ1) is 20.6. The standard InChI is InChI=1S/C21H27F3N4/c1-2-25-20-26-12-17(13-27-20)15-28-11-5-6-16(14-28)9-10-18-7-3-4-8-19(18)21(22,23)24/h3-4,7-8,12-13,16H,2,5-6,9-11,14-15H2,1H3,(H,25,26,27)/t16-/m1/s1. The summed E-state index contributed by atoms with van der Waals surface area (Å²) in [5.41, 5.74) is 0.963. The summed E-state index contributed by atoms with van der Waals surface area (Å²) in [5.74, 6) is 1.04. The summed E-state index contributed by atoms with van der Waals surface area (Å²) in [4.78, 5) is 11.0. The Labute approximate surface area is 164 Å². The van der Waals surface area contributed by atoms with Gasteiger partial charge in [0.05, 0.1) is 5.56 Å². The highest BCUT2D eigenvalue weighted by atomic mass is 19.4. The van der Waals surface area contributed by atoms with Crippen LogP contribution in [-0.4, -0.2) is 34.5 Å². The smallest absolute Gasteiger partial charge is 0.355 e. The van der Waals surface area contributed by atoms with Crippen molar-refractivity contribution in [1.29, 1.82) is 0 Å². The SMILES string of the molecule is CCNc1ncc(CN2CCC[C@H](CCc3ccccc3C(F)(F)F)C2)cn1. The molecule has 0 radical (unpaired) electrons. The quantitative estimate of drug-likeness (QED) is 0.737. The van der Waals surface area contributed by atoms with Gasteiger partial charge in [-0.2, -0.15) is 13.2 Å². The van der Waals surface area contributed by atoms with Gasteiger partial charge in [0.1, 0.15) is 0 Å². The number of aryl methyl sites for hydroxylation is 1. The maximum Gasteiger partial charge on any atom is 0.416 e. The summed E-state index contributed by atoms with van der Waals surface area (Å²) in [7, 11) is 0. The highest BCUT2D eigenvalue weighted by Gasteiger charge is 2.33. The van der Waals surface area contributed by atoms with Crippen LogP contribution in [0.3, 0.4) is 0 Å². The van der Waals surface area contributed by atoms with Gasteiger partial charge in [0.15, 0.2) is 0 Å². The number of benzene rings is 1. The summed E-state index contributed by atoms with van der Waals surface area (Å²) in [6, 6.07) is 5.93. The summed E-state index contributed by atoms with van der Waals surface area (Å²) in [6.45, 7) is 5.47. The van der Waals surface area contributed by atoms with Gasteiger partial charge in [-0.3, -0.25) is 4.90 Å². The molecule has 0 spiro atoms. The zero-order valence-corrected chi connectivity index (χ0v) is 16.2. The third kappa shape index (κ3) is 5.67. The number of rotatable bonds is 7. The van der Waals surface area contributed by atoms with Gasteiger partial charge in [-0.1, -0.05) is 18.2 Å². The molecule has 1 aliphatic heterocycles. The Bertz CT molecular complexity index is 746. The van der Waals surface area contributed by atoms with Crippen molar-refractivity contribution in [3.8, 4) is 0 Å². The molecule has 0 saturated carbocycles. The number of nitrogens with one attached hydrogen (secondary N) is 1. The topological polar surface area (TPSA) is 41.1 Å². The minimum Gasteiger partial charge on any atom is -0.355 e. The van der Waals surface area contributed by atoms with E-state index in [0.29, 0.717) is 23.9 Å². The van der Waals surface area contributed by atoms with E-state index in [1.807, 2.05) is 19.3 Å². The first-order valence-corrected chi connectivity index (χ1v) is 9.88. The summed E-state index contributed by atoms with van der Waals surface area (Å²) in [6.07, 6.45) is 2.78. The number of anilines is 1. The van der Waals surface area contributed by atoms with Gasteiger partial charge in [0, 0.05) is 37.6 Å². The predicted molar refractivity (Wildman–Crippen MR) is 104 cm³/mol. The summed E-state index contributed by atoms with van der Waals surface area (Å²) < 4.78 is 39.5. The van der Waals surface area contributed by atoms with E-state index in [0.717, 1.165) is 51.0 Å². The fourth-order valence-corrected chi connectivity index (χ4v) is 3.85. The molecule has 1 aliphatic rings. The molecule has 0 bridgehead atoms. The van der Waals surface area contributed by atoms with E-state index in [-0.39, 0.29) is 0 Å². The van der Waals surface area contributed by atoms with Crippen LogP contribution < -0.4 is 5.32 Å². The fourth-order valence-electron chi connectivity index (χ4n) is 3.85. The molecular weight excluding hydrogens is 365 g/mol. The van der Waals surface area contributed by atoms with Gasteiger partial charge < -0.3 is 5.32 Å². The van der Waals surface area contributed by atoms with Crippen molar-refractivity contribution in [2.75, 3.05) is 25.0 Å². The molecule has 7 heteroatoms. The lowest BCUT2D eigenvalue weighted by molar-refractivity contribution is -0.138. The lowest BCUT2D eigenvalue weighted by Crippen LogP contribution is -2.35. The van der Waals surface area contributed by atoms with Gasteiger partial charge in [-0.25, -0.2) is 9.97 Å². The number of alkyl halides is 3. The monoisotopic (exact) mass is 392 g/mol. The maximum absolute atomic E-state index is 13.2. The largest absolute Gasteiger partial charge is 0.416 e. The predicted octanol–water partition coefficient (Wildman–Crippen LogP) is 4.77. The molecule has 152 valence electrons. The molecule has 2 aromatic rings. The first-order valence-electron chi connectivity index (χ1n) is 9.88. The molecule has 4 nitrogen and oxygen atoms in total. The molecule has 2 heterocycles. The Morgan fingerprint density at radius 2 is 1.93 bits per heavy atom. The average Bonchev–Trinajstić information content (AvgIpc) is 2.68. The van der Waals surface area contributed by atoms with Crippen molar-refractivity contribution in [2.24, 2.45) is 5.92 Å². The number of nitrogens with zero attached hydrogens (tertiary/aromatic N) is 3. The van der Waals surface area contributed by atoms with E-state index in [1.165, 1.54) is 12.1 Å². The first-order chi connectivity index (χ1) is 13.5. The number of likely N-dealkylation sites (tertiary alicyclic amines) is 1. The Balaban J connectivity index is 1.54.